The molecule has 0 aliphatic heterocycles. The summed E-state index contributed by atoms with van der Waals surface area (Å²) in [5, 5.41) is 31.2. The van der Waals surface area contributed by atoms with Crippen LogP contribution in [0.1, 0.15) is 11.7 Å². The van der Waals surface area contributed by atoms with Crippen LogP contribution in [0.2, 0.25) is 0 Å². The van der Waals surface area contributed by atoms with Gasteiger partial charge >= 0.3 is 0 Å². The fraction of sp³-hybridized carbons (Fsp3) is 0.125. The Morgan fingerprint density at radius 3 is 2.47 bits per heavy atom. The van der Waals surface area contributed by atoms with E-state index in [1.165, 1.54) is 30.9 Å². The Bertz CT molecular complexity index is 1260. The van der Waals surface area contributed by atoms with Crippen molar-refractivity contribution >= 4 is 12.1 Å². The lowest BCUT2D eigenvalue weighted by atomic mass is 10.0. The average molecular weight is 462 g/mol. The van der Waals surface area contributed by atoms with E-state index in [0.29, 0.717) is 28.2 Å². The van der Waals surface area contributed by atoms with Crippen molar-refractivity contribution in [1.29, 1.82) is 0 Å². The van der Waals surface area contributed by atoms with E-state index < -0.39 is 18.8 Å². The second kappa shape index (κ2) is 10.2. The first-order valence-corrected chi connectivity index (χ1v) is 10.4. The van der Waals surface area contributed by atoms with Crippen molar-refractivity contribution < 1.29 is 19.7 Å². The van der Waals surface area contributed by atoms with Gasteiger partial charge in [0.1, 0.15) is 24.3 Å². The molecule has 0 aliphatic rings. The van der Waals surface area contributed by atoms with Crippen LogP contribution < -0.4 is 10.9 Å². The first-order valence-electron chi connectivity index (χ1n) is 10.4. The molecule has 4 rings (SSSR count). The predicted octanol–water partition coefficient (Wildman–Crippen LogP) is 2.91. The third-order valence-electron chi connectivity index (χ3n) is 5.31. The zero-order chi connectivity index (χ0) is 24.1. The maximum atomic E-state index is 13.4. The summed E-state index contributed by atoms with van der Waals surface area (Å²) >= 11 is 0. The molecule has 10 heteroatoms. The number of benzene rings is 2. The van der Waals surface area contributed by atoms with Crippen molar-refractivity contribution in [3.63, 3.8) is 0 Å². The van der Waals surface area contributed by atoms with E-state index in [1.807, 2.05) is 6.07 Å². The number of nitrogens with two attached hydrogens (primary N) is 1. The average Bonchev–Trinajstić information content (AvgIpc) is 3.29. The number of aliphatic hydroxyl groups is 3. The quantitative estimate of drug-likeness (QED) is 0.178. The van der Waals surface area contributed by atoms with Gasteiger partial charge in [0.2, 0.25) is 5.95 Å². The van der Waals surface area contributed by atoms with Crippen LogP contribution in [0, 0.1) is 5.82 Å². The molecule has 0 fully saturated rings. The van der Waals surface area contributed by atoms with E-state index in [2.05, 4.69) is 15.0 Å². The second-order valence-corrected chi connectivity index (χ2v) is 7.41. The summed E-state index contributed by atoms with van der Waals surface area (Å²) in [4.78, 5) is 13.1. The third kappa shape index (κ3) is 4.64. The highest BCUT2D eigenvalue weighted by molar-refractivity contribution is 5.78. The number of anilines is 1. The van der Waals surface area contributed by atoms with E-state index in [9.17, 15) is 19.7 Å². The van der Waals surface area contributed by atoms with Crippen LogP contribution in [0.4, 0.5) is 10.3 Å². The molecule has 34 heavy (non-hydrogen) atoms. The summed E-state index contributed by atoms with van der Waals surface area (Å²) in [5.41, 5.74) is 2.62. The lowest BCUT2D eigenvalue weighted by Crippen LogP contribution is -2.48. The largest absolute Gasteiger partial charge is 0.514 e. The van der Waals surface area contributed by atoms with Crippen LogP contribution in [0.3, 0.4) is 0 Å². The summed E-state index contributed by atoms with van der Waals surface area (Å²) in [6.07, 6.45) is 4.11. The Morgan fingerprint density at radius 2 is 1.79 bits per heavy atom. The summed E-state index contributed by atoms with van der Waals surface area (Å²) in [7, 11) is 0. The number of hydrazine groups is 1. The molecule has 2 aromatic carbocycles. The molecule has 2 aromatic heterocycles. The van der Waals surface area contributed by atoms with E-state index >= 15 is 0 Å². The lowest BCUT2D eigenvalue weighted by Gasteiger charge is -2.30. The van der Waals surface area contributed by atoms with E-state index in [-0.39, 0.29) is 11.8 Å². The molecule has 0 bridgehead atoms. The van der Waals surface area contributed by atoms with Crippen molar-refractivity contribution in [2.75, 3.05) is 11.6 Å². The number of imidazole rings is 1. The van der Waals surface area contributed by atoms with Gasteiger partial charge < -0.3 is 19.9 Å². The number of rotatable bonds is 8. The molecule has 2 heterocycles. The molecule has 0 saturated carbocycles. The monoisotopic (exact) mass is 462 g/mol. The summed E-state index contributed by atoms with van der Waals surface area (Å²) < 4.78 is 15.0. The Morgan fingerprint density at radius 1 is 1.06 bits per heavy atom. The molecule has 174 valence electrons. The predicted molar refractivity (Wildman–Crippen MR) is 126 cm³/mol. The molecule has 0 aliphatic carbocycles. The number of nitrogens with zero attached hydrogens (tertiary/aromatic N) is 5. The molecular weight excluding hydrogens is 439 g/mol. The maximum absolute atomic E-state index is 13.4. The fourth-order valence-corrected chi connectivity index (χ4v) is 3.58. The van der Waals surface area contributed by atoms with Crippen LogP contribution in [0.25, 0.3) is 28.8 Å². The molecule has 9 nitrogen and oxygen atoms in total. The molecule has 0 spiro atoms. The van der Waals surface area contributed by atoms with Gasteiger partial charge in [-0.25, -0.2) is 25.2 Å². The van der Waals surface area contributed by atoms with Crippen LogP contribution >= 0.6 is 0 Å². The SMILES string of the molecule is NN(c1nccc(-c2c(-c3ccc(F)cc3)ncn2/C=C\O)n1)C(CO)[C@H](O)c1ccccc1. The molecule has 0 amide bonds. The van der Waals surface area contributed by atoms with Crippen LogP contribution in [-0.2, 0) is 0 Å². The van der Waals surface area contributed by atoms with Crippen molar-refractivity contribution in [3.05, 3.63) is 90.8 Å². The zero-order valence-electron chi connectivity index (χ0n) is 18.0. The number of aliphatic hydroxyl groups excluding tert-OH is 3. The van der Waals surface area contributed by atoms with E-state index in [4.69, 9.17) is 5.84 Å². The standard InChI is InChI=1S/C24H23FN6O3/c25-18-8-6-16(7-9-18)21-22(30(12-13-32)15-28-21)19-10-11-27-24(29-19)31(26)20(14-33)23(34)17-4-2-1-3-5-17/h1-13,15,20,23,32-34H,14,26H2/b13-12-/t20?,23-/m1/s1. The van der Waals surface area contributed by atoms with Gasteiger partial charge in [-0.3, -0.25) is 5.01 Å². The molecule has 4 aromatic rings. The van der Waals surface area contributed by atoms with Crippen molar-refractivity contribution in [2.24, 2.45) is 5.84 Å². The first-order chi connectivity index (χ1) is 16.5. The van der Waals surface area contributed by atoms with Gasteiger partial charge in [0.05, 0.1) is 30.0 Å². The Labute approximate surface area is 194 Å². The topological polar surface area (TPSA) is 134 Å². The smallest absolute Gasteiger partial charge is 0.240 e. The highest BCUT2D eigenvalue weighted by atomic mass is 19.1. The Hall–Kier alpha value is -4.12. The van der Waals surface area contributed by atoms with Crippen LogP contribution in [-0.4, -0.2) is 47.5 Å². The minimum Gasteiger partial charge on any atom is -0.514 e. The summed E-state index contributed by atoms with van der Waals surface area (Å²) in [6.45, 7) is -0.452. The zero-order valence-corrected chi connectivity index (χ0v) is 18.0. The normalized spacial score (nSPS) is 13.2. The third-order valence-corrected chi connectivity index (χ3v) is 5.31. The maximum Gasteiger partial charge on any atom is 0.240 e. The molecule has 2 atom stereocenters. The molecule has 0 radical (unpaired) electrons. The highest BCUT2D eigenvalue weighted by Crippen LogP contribution is 2.31. The van der Waals surface area contributed by atoms with Crippen molar-refractivity contribution in [3.8, 4) is 22.6 Å². The van der Waals surface area contributed by atoms with E-state index in [1.54, 1.807) is 47.0 Å². The molecule has 5 N–H and O–H groups in total. The van der Waals surface area contributed by atoms with Crippen LogP contribution in [0.15, 0.2) is 79.4 Å². The van der Waals surface area contributed by atoms with Gasteiger partial charge in [-0.2, -0.15) is 0 Å². The number of halogens is 1. The minimum absolute atomic E-state index is 0.0531. The minimum atomic E-state index is -1.10. The van der Waals surface area contributed by atoms with E-state index in [0.717, 1.165) is 11.3 Å². The highest BCUT2D eigenvalue weighted by Gasteiger charge is 2.27. The van der Waals surface area contributed by atoms with Gasteiger partial charge in [0, 0.05) is 18.0 Å². The molecular formula is C24H23FN6O3. The van der Waals surface area contributed by atoms with Crippen molar-refractivity contribution in [2.45, 2.75) is 12.1 Å². The van der Waals surface area contributed by atoms with Gasteiger partial charge in [0.15, 0.2) is 0 Å². The van der Waals surface area contributed by atoms with Gasteiger partial charge in [0.25, 0.3) is 0 Å². The van der Waals surface area contributed by atoms with Gasteiger partial charge in [-0.15, -0.1) is 0 Å². The Balaban J connectivity index is 1.74. The fourth-order valence-electron chi connectivity index (χ4n) is 3.58. The lowest BCUT2D eigenvalue weighted by molar-refractivity contribution is 0.104. The molecule has 0 saturated heterocycles. The van der Waals surface area contributed by atoms with Gasteiger partial charge in [-0.05, 0) is 35.9 Å². The first kappa shape index (κ1) is 23.1. The number of hydrogen-bond donors (Lipinski definition) is 4. The van der Waals surface area contributed by atoms with Gasteiger partial charge in [-0.1, -0.05) is 30.3 Å². The summed E-state index contributed by atoms with van der Waals surface area (Å²) in [6, 6.07) is 15.4. The molecule has 1 unspecified atom stereocenters. The van der Waals surface area contributed by atoms with Crippen LogP contribution in [0.5, 0.6) is 0 Å². The second-order valence-electron chi connectivity index (χ2n) is 7.41. The summed E-state index contributed by atoms with van der Waals surface area (Å²) in [5.74, 6) is 5.92. The van der Waals surface area contributed by atoms with Crippen molar-refractivity contribution in [1.82, 2.24) is 19.5 Å². The number of hydrogen-bond acceptors (Lipinski definition) is 8. The number of aromatic nitrogens is 4. The Kier molecular flexibility index (Phi) is 6.93.